The molecule has 19 rings (SSSR count). The molecule has 0 radical (unpaired) electrons. The van der Waals surface area contributed by atoms with Crippen molar-refractivity contribution in [2.45, 2.75) is 154 Å². The molecule has 0 atom stereocenters. The van der Waals surface area contributed by atoms with Gasteiger partial charge in [-0.1, -0.05) is 0 Å². The zero-order valence-electron chi connectivity index (χ0n) is 54.6. The quantitative estimate of drug-likeness (QED) is 0.0277. The second-order valence-electron chi connectivity index (χ2n) is 30.4. The molecular weight excluding hydrogens is 1920 g/mol. The number of thiophene rings is 1. The van der Waals surface area contributed by atoms with Gasteiger partial charge in [0.2, 0.25) is 0 Å². The highest BCUT2D eigenvalue weighted by molar-refractivity contribution is 14.1. The Morgan fingerprint density at radius 1 is 0.351 bits per heavy atom. The molecule has 0 saturated heterocycles. The Hall–Kier alpha value is -2.87. The van der Waals surface area contributed by atoms with Crippen molar-refractivity contribution in [3.8, 4) is 39.4 Å². The molecule has 7 aromatic rings. The van der Waals surface area contributed by atoms with E-state index in [1.807, 2.05) is 0 Å². The van der Waals surface area contributed by atoms with Crippen molar-refractivity contribution in [1.29, 1.82) is 0 Å². The van der Waals surface area contributed by atoms with Crippen molar-refractivity contribution >= 4 is 184 Å². The molecule has 0 N–H and O–H groups in total. The predicted molar refractivity (Wildman–Crippen MR) is 425 cm³/mol. The van der Waals surface area contributed by atoms with Gasteiger partial charge in [0.1, 0.15) is 71.1 Å². The van der Waals surface area contributed by atoms with Crippen LogP contribution in [0.5, 0.6) is 34.5 Å². The van der Waals surface area contributed by atoms with Crippen molar-refractivity contribution in [1.82, 2.24) is 0 Å². The number of ether oxygens (including phenoxy) is 9. The maximum atomic E-state index is 13.5. The minimum absolute atomic E-state index is 0.112. The van der Waals surface area contributed by atoms with Gasteiger partial charge in [-0.3, -0.25) is 0 Å². The fraction of sp³-hybridized carbons (Fsp3) is 0.500. The molecular formula is C78H79I6O12S+. The lowest BCUT2D eigenvalue weighted by Gasteiger charge is -2.59. The number of fused-ring (bicyclic) bond motifs is 3. The summed E-state index contributed by atoms with van der Waals surface area (Å²) < 4.78 is 65.3. The summed E-state index contributed by atoms with van der Waals surface area (Å²) >= 11 is 13.8. The fourth-order valence-electron chi connectivity index (χ4n) is 20.1. The first-order chi connectivity index (χ1) is 46.7. The maximum Gasteiger partial charge on any atom is 0.344 e. The smallest absolute Gasteiger partial charge is 0.344 e. The second-order valence-corrected chi connectivity index (χ2v) is 39.3. The molecule has 12 saturated carbocycles. The van der Waals surface area contributed by atoms with Crippen LogP contribution in [0.1, 0.15) is 134 Å². The molecule has 12 fully saturated rings. The van der Waals surface area contributed by atoms with E-state index in [0.717, 1.165) is 107 Å². The van der Waals surface area contributed by atoms with E-state index in [1.165, 1.54) is 106 Å². The molecule has 1 aromatic heterocycles. The summed E-state index contributed by atoms with van der Waals surface area (Å²) in [6.45, 7) is 7.20. The van der Waals surface area contributed by atoms with E-state index < -0.39 is 21.7 Å². The van der Waals surface area contributed by atoms with Crippen LogP contribution in [0.2, 0.25) is 0 Å². The van der Waals surface area contributed by atoms with Gasteiger partial charge >= 0.3 is 17.9 Å². The maximum absolute atomic E-state index is 13.5. The minimum Gasteiger partial charge on any atom is -0.489 e. The monoisotopic (exact) mass is 2000 g/mol. The normalized spacial score (nSPS) is 30.8. The molecule has 97 heavy (non-hydrogen) atoms. The van der Waals surface area contributed by atoms with E-state index in [-0.39, 0.29) is 43.3 Å². The number of hydrogen-bond acceptors (Lipinski definition) is 12. The van der Waals surface area contributed by atoms with Crippen LogP contribution in [0.3, 0.4) is 0 Å². The van der Waals surface area contributed by atoms with Crippen molar-refractivity contribution in [2.24, 2.45) is 71.0 Å². The highest BCUT2D eigenvalue weighted by Crippen LogP contribution is 2.62. The third kappa shape index (κ3) is 13.6. The third-order valence-electron chi connectivity index (χ3n) is 24.4. The van der Waals surface area contributed by atoms with Crippen LogP contribution in [0.4, 0.5) is 0 Å². The lowest BCUT2D eigenvalue weighted by Crippen LogP contribution is -2.58. The van der Waals surface area contributed by atoms with Crippen molar-refractivity contribution < 1.29 is 57.0 Å². The van der Waals surface area contributed by atoms with Crippen molar-refractivity contribution in [3.05, 3.63) is 135 Å². The van der Waals surface area contributed by atoms with Gasteiger partial charge in [0, 0.05) is 34.7 Å². The molecule has 12 nitrogen and oxygen atoms in total. The highest BCUT2D eigenvalue weighted by atomic mass is 127. The van der Waals surface area contributed by atoms with E-state index in [1.54, 1.807) is 0 Å². The molecule has 19 heteroatoms. The SMILES string of the molecule is CC1(OC(=O)COc2c(I)cc(COc3ccc(-[s+]4c5ccc(OCc6cc(I)c(OCC(=O)OC7(C)C8CC9CC(C8)CC7C9)c(I)c6)cc5c5cc(OCc6cc(I)c(OCC(=O)OC7(C)C8CC9CC(C8)CC7C9)c(I)c6)ccc54)cc3)cc2I)C2CC3CC(C2)CC1C3. The number of rotatable bonds is 22. The molecule has 12 aliphatic carbocycles. The Bertz CT molecular complexity index is 3930. The van der Waals surface area contributed by atoms with E-state index in [4.69, 9.17) is 42.6 Å². The number of hydrogen-bond donors (Lipinski definition) is 0. The van der Waals surface area contributed by atoms with Gasteiger partial charge < -0.3 is 42.6 Å². The van der Waals surface area contributed by atoms with Crippen LogP contribution in [0, 0.1) is 92.4 Å². The molecule has 6 aromatic carbocycles. The summed E-state index contributed by atoms with van der Waals surface area (Å²) in [6, 6.07) is 33.7. The van der Waals surface area contributed by atoms with Gasteiger partial charge in [0.25, 0.3) is 0 Å². The molecule has 0 unspecified atom stereocenters. The number of carbonyl (C=O) groups is 3. The average molecular weight is 2000 g/mol. The van der Waals surface area contributed by atoms with E-state index in [2.05, 4.69) is 253 Å². The van der Waals surface area contributed by atoms with Gasteiger partial charge in [0.05, 0.1) is 32.2 Å². The van der Waals surface area contributed by atoms with Gasteiger partial charge in [-0.15, -0.1) is 0 Å². The van der Waals surface area contributed by atoms with Crippen LogP contribution in [-0.4, -0.2) is 54.5 Å². The average Bonchev–Trinajstić information content (AvgIpc) is 1.54. The first kappa shape index (κ1) is 68.6. The summed E-state index contributed by atoms with van der Waals surface area (Å²) in [4.78, 5) is 41.4. The van der Waals surface area contributed by atoms with Crippen LogP contribution < -0.4 is 28.4 Å². The van der Waals surface area contributed by atoms with Crippen LogP contribution in [0.25, 0.3) is 25.1 Å². The van der Waals surface area contributed by atoms with Gasteiger partial charge in [0.15, 0.2) is 34.1 Å². The Labute approximate surface area is 652 Å². The van der Waals surface area contributed by atoms with Crippen molar-refractivity contribution in [2.75, 3.05) is 19.8 Å². The molecule has 12 aliphatic rings. The van der Waals surface area contributed by atoms with E-state index in [9.17, 15) is 14.4 Å². The molecule has 0 amide bonds. The first-order valence-corrected chi connectivity index (χ1v) is 42.3. The van der Waals surface area contributed by atoms with E-state index >= 15 is 0 Å². The first-order valence-electron chi connectivity index (χ1n) is 34.7. The lowest BCUT2D eigenvalue weighted by atomic mass is 9.50. The van der Waals surface area contributed by atoms with Crippen LogP contribution in [0.15, 0.2) is 97.1 Å². The zero-order chi connectivity index (χ0) is 66.8. The Kier molecular flexibility index (Phi) is 19.5. The molecule has 510 valence electrons. The number of benzene rings is 6. The number of carbonyl (C=O) groups excluding carboxylic acids is 3. The fourth-order valence-corrected chi connectivity index (χ4v) is 29.1. The molecule has 1 heterocycles. The Morgan fingerprint density at radius 3 is 0.887 bits per heavy atom. The van der Waals surface area contributed by atoms with Gasteiger partial charge in [-0.25, -0.2) is 14.4 Å². The second kappa shape index (κ2) is 27.6. The standard InChI is InChI=1S/C78H79I6O12S/c1-76(50-15-41-12-42(17-50)18-51(76)16-41)94-70(85)38-91-73-62(79)27-47(28-63(73)80)35-88-56-4-8-59(9-5-56)97-68-10-6-57(89-36-48-29-64(81)74(65(82)30-48)92-39-71(86)95-77(2)52-19-43-13-44(21-52)22-53(77)20-43)33-60(68)61-34-58(7-11-69(61)97)90-37-49-31-66(83)75(67(84)32-49)93-40-72(87)96-78(3)54-23-45-14-46(25-54)26-55(78)24-45/h4-11,27-34,41-46,50-55H,12-26,35-40H2,1-3H3/q+1. The van der Waals surface area contributed by atoms with Gasteiger partial charge in [-0.2, -0.15) is 0 Å². The molecule has 0 spiro atoms. The summed E-state index contributed by atoms with van der Waals surface area (Å²) in [6.07, 6.45) is 18.2. The number of halogens is 6. The van der Waals surface area contributed by atoms with Crippen LogP contribution >= 0.6 is 146 Å². The lowest BCUT2D eigenvalue weighted by molar-refractivity contribution is -0.205. The summed E-state index contributed by atoms with van der Waals surface area (Å²) in [5, 5.41) is 2.16. The summed E-state index contributed by atoms with van der Waals surface area (Å²) in [5.74, 6) is 10.9. The van der Waals surface area contributed by atoms with Gasteiger partial charge in [-0.05, 0) is 413 Å². The largest absolute Gasteiger partial charge is 0.489 e. The molecule has 0 aliphatic heterocycles. The predicted octanol–water partition coefficient (Wildman–Crippen LogP) is 20.5. The Balaban J connectivity index is 0.597. The minimum atomic E-state index is -0.460. The van der Waals surface area contributed by atoms with Crippen molar-refractivity contribution in [3.63, 3.8) is 0 Å². The summed E-state index contributed by atoms with van der Waals surface area (Å²) in [5.41, 5.74) is 1.79. The summed E-state index contributed by atoms with van der Waals surface area (Å²) in [7, 11) is -0.460. The third-order valence-corrected chi connectivity index (χ3v) is 31.5. The Morgan fingerprint density at radius 2 is 0.608 bits per heavy atom. The topological polar surface area (TPSA) is 134 Å². The highest BCUT2D eigenvalue weighted by Gasteiger charge is 2.60. The van der Waals surface area contributed by atoms with E-state index in [0.29, 0.717) is 72.6 Å². The van der Waals surface area contributed by atoms with Crippen LogP contribution in [-0.2, 0) is 48.4 Å². The molecule has 12 bridgehead atoms. The zero-order valence-corrected chi connectivity index (χ0v) is 68.4. The number of esters is 3.